The van der Waals surface area contributed by atoms with Gasteiger partial charge in [-0.15, -0.1) is 0 Å². The second-order valence-electron chi connectivity index (χ2n) is 9.08. The van der Waals surface area contributed by atoms with Crippen LogP contribution in [0.25, 0.3) is 11.1 Å². The summed E-state index contributed by atoms with van der Waals surface area (Å²) in [5.41, 5.74) is -1.16. The van der Waals surface area contributed by atoms with E-state index in [1.165, 1.54) is 43.0 Å². The van der Waals surface area contributed by atoms with Crippen molar-refractivity contribution >= 4 is 11.9 Å². The van der Waals surface area contributed by atoms with Gasteiger partial charge in [0.15, 0.2) is 5.69 Å². The van der Waals surface area contributed by atoms with E-state index in [0.717, 1.165) is 12.0 Å². The van der Waals surface area contributed by atoms with Gasteiger partial charge < -0.3 is 15.0 Å². The van der Waals surface area contributed by atoms with Gasteiger partial charge >= 0.3 is 6.18 Å². The van der Waals surface area contributed by atoms with E-state index in [1.807, 2.05) is 0 Å². The summed E-state index contributed by atoms with van der Waals surface area (Å²) in [5, 5.41) is 6.86. The summed E-state index contributed by atoms with van der Waals surface area (Å²) < 4.78 is 89.1. The number of nitrogens with one attached hydrogen (secondary N) is 1. The van der Waals surface area contributed by atoms with E-state index in [0.29, 0.717) is 6.20 Å². The van der Waals surface area contributed by atoms with Crippen molar-refractivity contribution in [3.05, 3.63) is 53.7 Å². The minimum atomic E-state index is -4.74. The van der Waals surface area contributed by atoms with Crippen LogP contribution in [-0.4, -0.2) is 62.7 Å². The first-order chi connectivity index (χ1) is 17.8. The number of methoxy groups -OCH3 is 1. The quantitative estimate of drug-likeness (QED) is 0.457. The number of amides is 1. The predicted octanol–water partition coefficient (Wildman–Crippen LogP) is 4.64. The van der Waals surface area contributed by atoms with Crippen molar-refractivity contribution in [2.45, 2.75) is 31.5 Å². The standard InChI is InChI=1S/C24H24F6N6O2/c1-13-8-23(26,27)12-36(18(13)10-32-22-31-9-16(24(28,29)30)20(33-22)38-3)21(37)19-15(11-35(2)34-19)14-6-4-5-7-17(14)25/h4-7,9,11,13,18H,8,10,12H2,1-3H3,(H,31,32,33). The minimum Gasteiger partial charge on any atom is -0.480 e. The molecule has 8 nitrogen and oxygen atoms in total. The van der Waals surface area contributed by atoms with Crippen molar-refractivity contribution < 1.29 is 35.9 Å². The number of alkyl halides is 5. The maximum absolute atomic E-state index is 14.6. The number of aromatic nitrogens is 4. The van der Waals surface area contributed by atoms with Gasteiger partial charge in [-0.2, -0.15) is 23.3 Å². The summed E-state index contributed by atoms with van der Waals surface area (Å²) in [4.78, 5) is 21.9. The number of nitrogens with zero attached hydrogens (tertiary/aromatic N) is 5. The fourth-order valence-corrected chi connectivity index (χ4v) is 4.54. The van der Waals surface area contributed by atoms with Crippen LogP contribution in [0.4, 0.5) is 32.3 Å². The maximum atomic E-state index is 14.6. The van der Waals surface area contributed by atoms with Crippen LogP contribution in [0, 0.1) is 11.7 Å². The number of rotatable bonds is 6. The Morgan fingerprint density at radius 2 is 1.95 bits per heavy atom. The molecule has 14 heteroatoms. The zero-order valence-corrected chi connectivity index (χ0v) is 20.6. The molecule has 0 bridgehead atoms. The van der Waals surface area contributed by atoms with Crippen molar-refractivity contribution in [2.75, 3.05) is 25.5 Å². The van der Waals surface area contributed by atoms with Gasteiger partial charge in [0.2, 0.25) is 11.8 Å². The van der Waals surface area contributed by atoms with Gasteiger partial charge in [0, 0.05) is 43.5 Å². The monoisotopic (exact) mass is 542 g/mol. The molecular formula is C24H24F6N6O2. The first-order valence-corrected chi connectivity index (χ1v) is 11.5. The zero-order valence-electron chi connectivity index (χ0n) is 20.6. The molecule has 1 N–H and O–H groups in total. The van der Waals surface area contributed by atoms with Crippen LogP contribution in [0.5, 0.6) is 5.88 Å². The van der Waals surface area contributed by atoms with E-state index in [4.69, 9.17) is 4.74 Å². The number of carbonyl (C=O) groups is 1. The highest BCUT2D eigenvalue weighted by atomic mass is 19.4. The lowest BCUT2D eigenvalue weighted by Gasteiger charge is -2.43. The van der Waals surface area contributed by atoms with Gasteiger partial charge in [-0.3, -0.25) is 9.48 Å². The van der Waals surface area contributed by atoms with Crippen molar-refractivity contribution in [3.63, 3.8) is 0 Å². The minimum absolute atomic E-state index is 0.0840. The summed E-state index contributed by atoms with van der Waals surface area (Å²) in [5.74, 6) is -6.34. The Hall–Kier alpha value is -3.84. The molecule has 0 saturated carbocycles. The fourth-order valence-electron chi connectivity index (χ4n) is 4.54. The second kappa shape index (κ2) is 10.1. The molecule has 38 heavy (non-hydrogen) atoms. The van der Waals surface area contributed by atoms with Crippen LogP contribution < -0.4 is 10.1 Å². The molecule has 1 aromatic carbocycles. The van der Waals surface area contributed by atoms with Crippen LogP contribution in [0.2, 0.25) is 0 Å². The molecular weight excluding hydrogens is 518 g/mol. The molecule has 3 heterocycles. The number of piperidine rings is 1. The molecule has 0 aliphatic carbocycles. The Labute approximate surface area is 213 Å². The van der Waals surface area contributed by atoms with Crippen LogP contribution in [0.3, 0.4) is 0 Å². The lowest BCUT2D eigenvalue weighted by molar-refractivity contribution is -0.139. The normalized spacial score (nSPS) is 19.3. The van der Waals surface area contributed by atoms with E-state index in [9.17, 15) is 31.1 Å². The van der Waals surface area contributed by atoms with E-state index in [-0.39, 0.29) is 29.3 Å². The number of anilines is 1. The summed E-state index contributed by atoms with van der Waals surface area (Å²) in [6.45, 7) is 0.455. The first kappa shape index (κ1) is 27.2. The fraction of sp³-hybridized carbons (Fsp3) is 0.417. The smallest absolute Gasteiger partial charge is 0.423 e. The molecule has 1 aliphatic rings. The number of hydrogen-bond acceptors (Lipinski definition) is 6. The van der Waals surface area contributed by atoms with E-state index >= 15 is 0 Å². The molecule has 204 valence electrons. The molecule has 4 rings (SSSR count). The topological polar surface area (TPSA) is 85.2 Å². The zero-order chi connectivity index (χ0) is 27.8. The number of halogens is 6. The molecule has 0 spiro atoms. The Morgan fingerprint density at radius 3 is 2.61 bits per heavy atom. The van der Waals surface area contributed by atoms with Gasteiger partial charge in [0.25, 0.3) is 11.8 Å². The third kappa shape index (κ3) is 5.53. The molecule has 1 saturated heterocycles. The lowest BCUT2D eigenvalue weighted by Crippen LogP contribution is -2.57. The lowest BCUT2D eigenvalue weighted by atomic mass is 9.88. The molecule has 2 unspecified atom stereocenters. The van der Waals surface area contributed by atoms with E-state index in [1.54, 1.807) is 6.07 Å². The number of ether oxygens (including phenoxy) is 1. The Kier molecular flexibility index (Phi) is 7.26. The Balaban J connectivity index is 1.64. The number of likely N-dealkylation sites (tertiary alicyclic amines) is 1. The molecule has 0 radical (unpaired) electrons. The average molecular weight is 542 g/mol. The van der Waals surface area contributed by atoms with Crippen LogP contribution in [0.1, 0.15) is 29.4 Å². The van der Waals surface area contributed by atoms with Gasteiger partial charge in [0.05, 0.1) is 19.7 Å². The Morgan fingerprint density at radius 1 is 1.24 bits per heavy atom. The highest BCUT2D eigenvalue weighted by molar-refractivity contribution is 5.99. The summed E-state index contributed by atoms with van der Waals surface area (Å²) >= 11 is 0. The molecule has 1 aliphatic heterocycles. The van der Waals surface area contributed by atoms with Crippen LogP contribution in [0.15, 0.2) is 36.7 Å². The van der Waals surface area contributed by atoms with Crippen LogP contribution >= 0.6 is 0 Å². The SMILES string of the molecule is COc1nc(NCC2C(C)CC(F)(F)CN2C(=O)c2nn(C)cc2-c2ccccc2F)ncc1C(F)(F)F. The average Bonchev–Trinajstić information content (AvgIpc) is 3.22. The molecule has 3 aromatic rings. The van der Waals surface area contributed by atoms with Crippen molar-refractivity contribution in [1.29, 1.82) is 0 Å². The van der Waals surface area contributed by atoms with E-state index < -0.39 is 60.2 Å². The van der Waals surface area contributed by atoms with Crippen molar-refractivity contribution in [3.8, 4) is 17.0 Å². The highest BCUT2D eigenvalue weighted by Gasteiger charge is 2.47. The maximum Gasteiger partial charge on any atom is 0.423 e. The highest BCUT2D eigenvalue weighted by Crippen LogP contribution is 2.37. The van der Waals surface area contributed by atoms with Gasteiger partial charge in [-0.05, 0) is 12.0 Å². The summed E-state index contributed by atoms with van der Waals surface area (Å²) in [6.07, 6.45) is -3.30. The molecule has 1 fully saturated rings. The number of aryl methyl sites for hydroxylation is 1. The molecule has 2 aromatic heterocycles. The number of carbonyl (C=O) groups excluding carboxylic acids is 1. The van der Waals surface area contributed by atoms with Gasteiger partial charge in [0.1, 0.15) is 11.4 Å². The van der Waals surface area contributed by atoms with Crippen molar-refractivity contribution in [1.82, 2.24) is 24.6 Å². The number of hydrogen-bond donors (Lipinski definition) is 1. The predicted molar refractivity (Wildman–Crippen MR) is 124 cm³/mol. The summed E-state index contributed by atoms with van der Waals surface area (Å²) in [6, 6.07) is 4.87. The second-order valence-corrected chi connectivity index (χ2v) is 9.08. The first-order valence-electron chi connectivity index (χ1n) is 11.5. The number of benzene rings is 1. The Bertz CT molecular complexity index is 1330. The van der Waals surface area contributed by atoms with Gasteiger partial charge in [-0.25, -0.2) is 18.2 Å². The third-order valence-corrected chi connectivity index (χ3v) is 6.26. The largest absolute Gasteiger partial charge is 0.480 e. The van der Waals surface area contributed by atoms with Crippen molar-refractivity contribution in [2.24, 2.45) is 13.0 Å². The molecule has 2 atom stereocenters. The van der Waals surface area contributed by atoms with Crippen LogP contribution in [-0.2, 0) is 13.2 Å². The van der Waals surface area contributed by atoms with Gasteiger partial charge in [-0.1, -0.05) is 25.1 Å². The van der Waals surface area contributed by atoms with E-state index in [2.05, 4.69) is 20.4 Å². The third-order valence-electron chi connectivity index (χ3n) is 6.26. The summed E-state index contributed by atoms with van der Waals surface area (Å²) in [7, 11) is 2.54. The molecule has 1 amide bonds.